The van der Waals surface area contributed by atoms with Gasteiger partial charge in [0.2, 0.25) is 0 Å². The average molecular weight is 309 g/mol. The summed E-state index contributed by atoms with van der Waals surface area (Å²) in [6, 6.07) is 0. The first-order valence-electron chi connectivity index (χ1n) is 7.29. The van der Waals surface area contributed by atoms with Crippen LogP contribution in [0.4, 0.5) is 0 Å². The van der Waals surface area contributed by atoms with Crippen LogP contribution >= 0.6 is 11.8 Å². The molecule has 2 N–H and O–H groups in total. The smallest absolute Gasteiger partial charge is 0.323 e. The molecule has 0 spiro atoms. The number of aliphatic carboxylic acids is 1. The monoisotopic (exact) mass is 309 g/mol. The number of carbonyl (C=O) groups is 1. The summed E-state index contributed by atoms with van der Waals surface area (Å²) in [5.41, 5.74) is 2.32. The molecule has 0 amide bonds. The number of hydrogen-bond acceptors (Lipinski definition) is 5. The van der Waals surface area contributed by atoms with Crippen molar-refractivity contribution in [2.24, 2.45) is 0 Å². The van der Waals surface area contributed by atoms with Gasteiger partial charge >= 0.3 is 5.97 Å². The van der Waals surface area contributed by atoms with Crippen molar-refractivity contribution >= 4 is 17.7 Å². The number of nitrogens with zero attached hydrogens (tertiary/aromatic N) is 2. The Morgan fingerprint density at radius 1 is 1.33 bits per heavy atom. The lowest BCUT2D eigenvalue weighted by atomic mass is 9.81. The molecule has 6 heteroatoms. The van der Waals surface area contributed by atoms with Crippen LogP contribution in [0.2, 0.25) is 0 Å². The number of aryl methyl sites for hydroxylation is 2. The molecule has 21 heavy (non-hydrogen) atoms. The second kappa shape index (κ2) is 6.32. The molecule has 5 nitrogen and oxygen atoms in total. The van der Waals surface area contributed by atoms with Crippen molar-refractivity contribution in [1.82, 2.24) is 15.3 Å². The van der Waals surface area contributed by atoms with Crippen molar-refractivity contribution < 1.29 is 9.90 Å². The van der Waals surface area contributed by atoms with Gasteiger partial charge in [-0.05, 0) is 59.1 Å². The van der Waals surface area contributed by atoms with Crippen LogP contribution in [0.15, 0.2) is 5.16 Å². The Hall–Kier alpha value is -1.14. The van der Waals surface area contributed by atoms with Crippen LogP contribution in [-0.4, -0.2) is 38.9 Å². The number of likely N-dealkylation sites (N-methyl/N-ethyl adjacent to an activating group) is 1. The molecular formula is C15H23N3O2S. The fourth-order valence-electron chi connectivity index (χ4n) is 2.80. The molecule has 0 aliphatic heterocycles. The van der Waals surface area contributed by atoms with E-state index in [0.717, 1.165) is 34.9 Å². The molecule has 2 atom stereocenters. The summed E-state index contributed by atoms with van der Waals surface area (Å²) in [7, 11) is 1.73. The summed E-state index contributed by atoms with van der Waals surface area (Å²) in [5.74, 6) is -0.757. The zero-order valence-corrected chi connectivity index (χ0v) is 13.9. The molecule has 1 aliphatic rings. The van der Waals surface area contributed by atoms with Gasteiger partial charge in [0.05, 0.1) is 0 Å². The zero-order valence-electron chi connectivity index (χ0n) is 13.1. The first-order chi connectivity index (χ1) is 9.88. The fraction of sp³-hybridized carbons (Fsp3) is 0.667. The lowest BCUT2D eigenvalue weighted by molar-refractivity contribution is -0.146. The minimum absolute atomic E-state index is 0.240. The van der Waals surface area contributed by atoms with Gasteiger partial charge in [0.1, 0.15) is 5.54 Å². The van der Waals surface area contributed by atoms with E-state index in [9.17, 15) is 9.90 Å². The number of thioether (sulfide) groups is 1. The topological polar surface area (TPSA) is 75.1 Å². The summed E-state index contributed by atoms with van der Waals surface area (Å²) < 4.78 is 0. The van der Waals surface area contributed by atoms with Crippen molar-refractivity contribution in [2.45, 2.75) is 62.4 Å². The second-order valence-corrected chi connectivity index (χ2v) is 7.04. The lowest BCUT2D eigenvalue weighted by Gasteiger charge is -2.36. The molecule has 1 aliphatic carbocycles. The molecule has 0 bridgehead atoms. The maximum absolute atomic E-state index is 11.6. The van der Waals surface area contributed by atoms with E-state index in [1.165, 1.54) is 0 Å². The minimum atomic E-state index is -0.801. The Bertz CT molecular complexity index is 527. The molecule has 2 rings (SSSR count). The van der Waals surface area contributed by atoms with Crippen LogP contribution in [0.1, 0.15) is 42.6 Å². The van der Waals surface area contributed by atoms with E-state index in [4.69, 9.17) is 0 Å². The predicted octanol–water partition coefficient (Wildman–Crippen LogP) is 2.48. The molecular weight excluding hydrogens is 286 g/mol. The Morgan fingerprint density at radius 2 is 1.95 bits per heavy atom. The Morgan fingerprint density at radius 3 is 2.48 bits per heavy atom. The summed E-state index contributed by atoms with van der Waals surface area (Å²) in [6.45, 7) is 6.00. The van der Waals surface area contributed by atoms with Crippen LogP contribution in [-0.2, 0) is 4.79 Å². The number of carboxylic acids is 1. The summed E-state index contributed by atoms with van der Waals surface area (Å²) in [4.78, 5) is 20.6. The number of carboxylic acid groups (broad SMARTS) is 1. The molecule has 1 aromatic heterocycles. The average Bonchev–Trinajstić information content (AvgIpc) is 2.44. The standard InChI is InChI=1S/C15H23N3O2S/c1-9-10(2)17-14(18-11(9)3)21-12-6-5-7-15(8-12,16-4)13(19)20/h12,16H,5-8H2,1-4H3,(H,19,20). The van der Waals surface area contributed by atoms with Crippen molar-refractivity contribution in [1.29, 1.82) is 0 Å². The maximum atomic E-state index is 11.6. The van der Waals surface area contributed by atoms with Gasteiger partial charge < -0.3 is 10.4 Å². The summed E-state index contributed by atoms with van der Waals surface area (Å²) in [6.07, 6.45) is 3.22. The zero-order chi connectivity index (χ0) is 15.6. The highest BCUT2D eigenvalue weighted by Crippen LogP contribution is 2.37. The van der Waals surface area contributed by atoms with E-state index in [1.54, 1.807) is 18.8 Å². The molecule has 0 aromatic carbocycles. The van der Waals surface area contributed by atoms with Crippen molar-refractivity contribution in [2.75, 3.05) is 7.05 Å². The third-order valence-electron chi connectivity index (χ3n) is 4.48. The van der Waals surface area contributed by atoms with Crippen LogP contribution in [0.3, 0.4) is 0 Å². The van der Waals surface area contributed by atoms with Crippen molar-refractivity contribution in [3.8, 4) is 0 Å². The number of nitrogens with one attached hydrogen (secondary N) is 1. The quantitative estimate of drug-likeness (QED) is 0.832. The summed E-state index contributed by atoms with van der Waals surface area (Å²) >= 11 is 1.61. The van der Waals surface area contributed by atoms with Gasteiger partial charge in [0.25, 0.3) is 0 Å². The van der Waals surface area contributed by atoms with Gasteiger partial charge in [-0.2, -0.15) is 0 Å². The highest BCUT2D eigenvalue weighted by atomic mass is 32.2. The molecule has 116 valence electrons. The third-order valence-corrected chi connectivity index (χ3v) is 5.61. The normalized spacial score (nSPS) is 25.8. The number of aromatic nitrogens is 2. The van der Waals surface area contributed by atoms with Gasteiger partial charge in [-0.25, -0.2) is 9.97 Å². The largest absolute Gasteiger partial charge is 0.480 e. The third kappa shape index (κ3) is 3.37. The predicted molar refractivity (Wildman–Crippen MR) is 83.8 cm³/mol. The van der Waals surface area contributed by atoms with Crippen LogP contribution in [0, 0.1) is 20.8 Å². The Balaban J connectivity index is 2.15. The Kier molecular flexibility index (Phi) is 4.88. The minimum Gasteiger partial charge on any atom is -0.480 e. The molecule has 2 unspecified atom stereocenters. The first-order valence-corrected chi connectivity index (χ1v) is 8.17. The molecule has 1 fully saturated rings. The molecule has 1 aromatic rings. The van der Waals surface area contributed by atoms with E-state index < -0.39 is 11.5 Å². The van der Waals surface area contributed by atoms with Crippen molar-refractivity contribution in [3.05, 3.63) is 17.0 Å². The SMILES string of the molecule is CNC1(C(=O)O)CCCC(Sc2nc(C)c(C)c(C)n2)C1. The van der Waals surface area contributed by atoms with Crippen LogP contribution in [0.25, 0.3) is 0 Å². The van der Waals surface area contributed by atoms with Crippen LogP contribution in [0.5, 0.6) is 0 Å². The van der Waals surface area contributed by atoms with E-state index in [1.807, 2.05) is 20.8 Å². The van der Waals surface area contributed by atoms with E-state index in [-0.39, 0.29) is 5.25 Å². The second-order valence-electron chi connectivity index (χ2n) is 5.78. The highest BCUT2D eigenvalue weighted by Gasteiger charge is 2.42. The summed E-state index contributed by atoms with van der Waals surface area (Å²) in [5, 5.41) is 13.5. The molecule has 0 radical (unpaired) electrons. The van der Waals surface area contributed by atoms with Gasteiger partial charge in [0, 0.05) is 16.6 Å². The first kappa shape index (κ1) is 16.2. The lowest BCUT2D eigenvalue weighted by Crippen LogP contribution is -2.53. The van der Waals surface area contributed by atoms with E-state index in [2.05, 4.69) is 15.3 Å². The molecule has 0 saturated heterocycles. The fourth-order valence-corrected chi connectivity index (χ4v) is 4.13. The number of hydrogen-bond donors (Lipinski definition) is 2. The molecule has 1 heterocycles. The van der Waals surface area contributed by atoms with E-state index >= 15 is 0 Å². The maximum Gasteiger partial charge on any atom is 0.323 e. The Labute approximate surface area is 130 Å². The van der Waals surface area contributed by atoms with Gasteiger partial charge in [-0.1, -0.05) is 11.8 Å². The highest BCUT2D eigenvalue weighted by molar-refractivity contribution is 7.99. The molecule has 1 saturated carbocycles. The van der Waals surface area contributed by atoms with Gasteiger partial charge in [-0.15, -0.1) is 0 Å². The van der Waals surface area contributed by atoms with E-state index in [0.29, 0.717) is 12.8 Å². The van der Waals surface area contributed by atoms with Gasteiger partial charge in [0.15, 0.2) is 5.16 Å². The van der Waals surface area contributed by atoms with Crippen LogP contribution < -0.4 is 5.32 Å². The number of rotatable bonds is 4. The van der Waals surface area contributed by atoms with Gasteiger partial charge in [-0.3, -0.25) is 4.79 Å². The van der Waals surface area contributed by atoms with Crippen molar-refractivity contribution in [3.63, 3.8) is 0 Å².